The molecule has 0 aliphatic heterocycles. The number of amides is 1. The average Bonchev–Trinajstić information content (AvgIpc) is 3.27. The molecule has 0 aliphatic rings. The van der Waals surface area contributed by atoms with Gasteiger partial charge in [-0.25, -0.2) is 0 Å². The highest BCUT2D eigenvalue weighted by atomic mass is 32.2. The summed E-state index contributed by atoms with van der Waals surface area (Å²) in [6, 6.07) is 15.8. The molecule has 0 fully saturated rings. The van der Waals surface area contributed by atoms with Gasteiger partial charge >= 0.3 is 0 Å². The van der Waals surface area contributed by atoms with E-state index in [9.17, 15) is 9.59 Å². The summed E-state index contributed by atoms with van der Waals surface area (Å²) in [7, 11) is 0. The van der Waals surface area contributed by atoms with Crippen molar-refractivity contribution in [3.63, 3.8) is 0 Å². The van der Waals surface area contributed by atoms with Crippen molar-refractivity contribution in [1.29, 1.82) is 0 Å². The molecule has 1 N–H and O–H groups in total. The molecular weight excluding hydrogens is 458 g/mol. The molecule has 0 saturated heterocycles. The molecule has 4 aromatic rings. The summed E-state index contributed by atoms with van der Waals surface area (Å²) in [5, 5.41) is 13.0. The molecule has 35 heavy (non-hydrogen) atoms. The van der Waals surface area contributed by atoms with E-state index in [1.807, 2.05) is 35.6 Å². The van der Waals surface area contributed by atoms with Crippen molar-refractivity contribution in [2.45, 2.75) is 64.7 Å². The monoisotopic (exact) mass is 491 g/mol. The minimum atomic E-state index is -0.0913. The summed E-state index contributed by atoms with van der Waals surface area (Å²) >= 11 is 1.33. The molecular formula is C27H33N5O2S. The normalized spacial score (nSPS) is 12.5. The van der Waals surface area contributed by atoms with Gasteiger partial charge in [0, 0.05) is 6.54 Å². The fourth-order valence-corrected chi connectivity index (χ4v) is 5.01. The molecule has 1 atom stereocenters. The van der Waals surface area contributed by atoms with Crippen LogP contribution >= 0.6 is 11.8 Å². The number of aryl methyl sites for hydroxylation is 1. The van der Waals surface area contributed by atoms with Gasteiger partial charge in [-0.1, -0.05) is 75.4 Å². The largest absolute Gasteiger partial charge is 0.349 e. The Hall–Kier alpha value is -3.13. The number of aromatic nitrogens is 4. The second kappa shape index (κ2) is 11.1. The van der Waals surface area contributed by atoms with E-state index in [2.05, 4.69) is 60.6 Å². The highest BCUT2D eigenvalue weighted by molar-refractivity contribution is 7.99. The SMILES string of the molecule is CCCCn1c(=O)c2ccccc2n2c(SCC(=O)NC(C)c3ccc(CC(C)C)cc3)nnc12. The van der Waals surface area contributed by atoms with E-state index in [1.54, 1.807) is 4.57 Å². The van der Waals surface area contributed by atoms with Crippen LogP contribution in [0.25, 0.3) is 16.7 Å². The van der Waals surface area contributed by atoms with Gasteiger partial charge in [0.25, 0.3) is 5.56 Å². The third-order valence-electron chi connectivity index (χ3n) is 6.05. The first kappa shape index (κ1) is 25.0. The number of carbonyl (C=O) groups excluding carboxylic acids is 1. The highest BCUT2D eigenvalue weighted by Crippen LogP contribution is 2.22. The number of rotatable bonds is 10. The van der Waals surface area contributed by atoms with Crippen LogP contribution in [-0.2, 0) is 17.8 Å². The summed E-state index contributed by atoms with van der Waals surface area (Å²) in [5.41, 5.74) is 3.08. The Balaban J connectivity index is 1.50. The zero-order chi connectivity index (χ0) is 24.9. The number of hydrogen-bond donors (Lipinski definition) is 1. The van der Waals surface area contributed by atoms with E-state index in [-0.39, 0.29) is 23.3 Å². The number of thioether (sulfide) groups is 1. The lowest BCUT2D eigenvalue weighted by Crippen LogP contribution is -2.28. The quantitative estimate of drug-likeness (QED) is 0.315. The molecule has 0 radical (unpaired) electrons. The van der Waals surface area contributed by atoms with Gasteiger partial charge in [-0.3, -0.25) is 18.6 Å². The van der Waals surface area contributed by atoms with Crippen molar-refractivity contribution in [2.24, 2.45) is 5.92 Å². The zero-order valence-electron chi connectivity index (χ0n) is 20.8. The molecule has 0 bridgehead atoms. The van der Waals surface area contributed by atoms with Crippen LogP contribution < -0.4 is 10.9 Å². The Morgan fingerprint density at radius 2 is 1.80 bits per heavy atom. The molecule has 1 unspecified atom stereocenters. The maximum absolute atomic E-state index is 13.1. The first-order valence-corrected chi connectivity index (χ1v) is 13.2. The lowest BCUT2D eigenvalue weighted by molar-refractivity contribution is -0.119. The van der Waals surface area contributed by atoms with Crippen LogP contribution in [0.3, 0.4) is 0 Å². The third-order valence-corrected chi connectivity index (χ3v) is 6.98. The van der Waals surface area contributed by atoms with Crippen molar-refractivity contribution >= 4 is 34.3 Å². The number of fused-ring (bicyclic) bond motifs is 3. The van der Waals surface area contributed by atoms with E-state index >= 15 is 0 Å². The van der Waals surface area contributed by atoms with Gasteiger partial charge in [-0.2, -0.15) is 0 Å². The molecule has 7 nitrogen and oxygen atoms in total. The molecule has 1 amide bonds. The predicted octanol–water partition coefficient (Wildman–Crippen LogP) is 5.01. The van der Waals surface area contributed by atoms with Gasteiger partial charge < -0.3 is 5.32 Å². The van der Waals surface area contributed by atoms with Crippen LogP contribution in [0, 0.1) is 5.92 Å². The van der Waals surface area contributed by atoms with Crippen LogP contribution in [0.1, 0.15) is 57.7 Å². The van der Waals surface area contributed by atoms with Gasteiger partial charge in [0.1, 0.15) is 0 Å². The number of unbranched alkanes of at least 4 members (excludes halogenated alkanes) is 1. The van der Waals surface area contributed by atoms with E-state index < -0.39 is 0 Å². The van der Waals surface area contributed by atoms with Gasteiger partial charge in [0.2, 0.25) is 11.7 Å². The zero-order valence-corrected chi connectivity index (χ0v) is 21.6. The highest BCUT2D eigenvalue weighted by Gasteiger charge is 2.18. The number of para-hydroxylation sites is 1. The van der Waals surface area contributed by atoms with Gasteiger partial charge in [0.15, 0.2) is 5.16 Å². The van der Waals surface area contributed by atoms with E-state index in [1.165, 1.54) is 17.3 Å². The lowest BCUT2D eigenvalue weighted by atomic mass is 10.00. The van der Waals surface area contributed by atoms with Crippen LogP contribution in [-0.4, -0.2) is 30.8 Å². The molecule has 2 heterocycles. The van der Waals surface area contributed by atoms with Crippen molar-refractivity contribution in [2.75, 3.05) is 5.75 Å². The maximum atomic E-state index is 13.1. The Kier molecular flexibility index (Phi) is 7.90. The number of nitrogens with zero attached hydrogens (tertiary/aromatic N) is 4. The van der Waals surface area contributed by atoms with Crippen LogP contribution in [0.2, 0.25) is 0 Å². The van der Waals surface area contributed by atoms with E-state index in [0.717, 1.165) is 30.3 Å². The number of carbonyl (C=O) groups is 1. The minimum absolute atomic E-state index is 0.0588. The molecule has 0 aliphatic carbocycles. The van der Waals surface area contributed by atoms with Gasteiger partial charge in [0.05, 0.1) is 22.7 Å². The van der Waals surface area contributed by atoms with Crippen molar-refractivity contribution < 1.29 is 4.79 Å². The van der Waals surface area contributed by atoms with Crippen molar-refractivity contribution in [3.05, 3.63) is 70.0 Å². The summed E-state index contributed by atoms with van der Waals surface area (Å²) < 4.78 is 3.58. The Bertz CT molecular complexity index is 1370. The van der Waals surface area contributed by atoms with Crippen LogP contribution in [0.15, 0.2) is 58.5 Å². The molecule has 2 aromatic heterocycles. The first-order valence-electron chi connectivity index (χ1n) is 12.3. The molecule has 184 valence electrons. The Morgan fingerprint density at radius 3 is 2.51 bits per heavy atom. The number of hydrogen-bond acceptors (Lipinski definition) is 5. The summed E-state index contributed by atoms with van der Waals surface area (Å²) in [6.45, 7) is 9.08. The summed E-state index contributed by atoms with van der Waals surface area (Å²) in [5.74, 6) is 1.26. The summed E-state index contributed by atoms with van der Waals surface area (Å²) in [4.78, 5) is 25.8. The maximum Gasteiger partial charge on any atom is 0.262 e. The Labute approximate surface area is 210 Å². The lowest BCUT2D eigenvalue weighted by Gasteiger charge is -2.15. The van der Waals surface area contributed by atoms with E-state index in [0.29, 0.717) is 28.8 Å². The average molecular weight is 492 g/mol. The standard InChI is InChI=1S/C27H33N5O2S/c1-5-6-15-31-25(34)22-9-7-8-10-23(22)32-26(31)29-30-27(32)35-17-24(33)28-19(4)21-13-11-20(12-14-21)16-18(2)3/h7-14,18-19H,5-6,15-17H2,1-4H3,(H,28,33). The number of benzene rings is 2. The summed E-state index contributed by atoms with van der Waals surface area (Å²) in [6.07, 6.45) is 2.90. The number of nitrogens with one attached hydrogen (secondary N) is 1. The third kappa shape index (κ3) is 5.59. The predicted molar refractivity (Wildman–Crippen MR) is 142 cm³/mol. The van der Waals surface area contributed by atoms with Gasteiger partial charge in [-0.05, 0) is 48.9 Å². The minimum Gasteiger partial charge on any atom is -0.349 e. The topological polar surface area (TPSA) is 81.3 Å². The fourth-order valence-electron chi connectivity index (χ4n) is 4.26. The van der Waals surface area contributed by atoms with E-state index in [4.69, 9.17) is 0 Å². The molecule has 2 aromatic carbocycles. The molecule has 4 rings (SSSR count). The first-order chi connectivity index (χ1) is 16.9. The Morgan fingerprint density at radius 1 is 1.06 bits per heavy atom. The molecule has 8 heteroatoms. The van der Waals surface area contributed by atoms with Crippen molar-refractivity contribution in [3.8, 4) is 0 Å². The smallest absolute Gasteiger partial charge is 0.262 e. The van der Waals surface area contributed by atoms with Crippen molar-refractivity contribution in [1.82, 2.24) is 24.5 Å². The van der Waals surface area contributed by atoms with Crippen LogP contribution in [0.4, 0.5) is 0 Å². The molecule has 0 spiro atoms. The second-order valence-electron chi connectivity index (χ2n) is 9.36. The second-order valence-corrected chi connectivity index (χ2v) is 10.3. The van der Waals surface area contributed by atoms with Gasteiger partial charge in [-0.15, -0.1) is 10.2 Å². The van der Waals surface area contributed by atoms with Crippen LogP contribution in [0.5, 0.6) is 0 Å². The fraction of sp³-hybridized carbons (Fsp3) is 0.407. The molecule has 0 saturated carbocycles.